The van der Waals surface area contributed by atoms with E-state index in [9.17, 15) is 14.7 Å². The van der Waals surface area contributed by atoms with Crippen LogP contribution in [-0.4, -0.2) is 59.4 Å². The largest absolute Gasteiger partial charge is 0.480 e. The summed E-state index contributed by atoms with van der Waals surface area (Å²) >= 11 is 6.08. The van der Waals surface area contributed by atoms with Crippen LogP contribution in [0.2, 0.25) is 0 Å². The number of nitrogens with one attached hydrogen (secondary N) is 3. The Morgan fingerprint density at radius 2 is 2.03 bits per heavy atom. The Morgan fingerprint density at radius 3 is 2.69 bits per heavy atom. The molecule has 0 saturated carbocycles. The molecule has 1 amide bonds. The molecule has 1 heterocycles. The fraction of sp³-hybridized carbons (Fsp3) is 0.417. The van der Waals surface area contributed by atoms with E-state index in [2.05, 4.69) is 28.6 Å². The highest BCUT2D eigenvalue weighted by atomic mass is 32.2. The van der Waals surface area contributed by atoms with Gasteiger partial charge in [-0.1, -0.05) is 36.4 Å². The van der Waals surface area contributed by atoms with Gasteiger partial charge >= 0.3 is 5.97 Å². The van der Waals surface area contributed by atoms with Crippen molar-refractivity contribution in [1.82, 2.24) is 10.6 Å². The van der Waals surface area contributed by atoms with E-state index >= 15 is 0 Å². The van der Waals surface area contributed by atoms with Crippen molar-refractivity contribution in [2.45, 2.75) is 36.6 Å². The van der Waals surface area contributed by atoms with Crippen LogP contribution in [0, 0.1) is 0 Å². The molecule has 3 atom stereocenters. The molecule has 6 nitrogen and oxygen atoms in total. The van der Waals surface area contributed by atoms with E-state index < -0.39 is 12.0 Å². The second kappa shape index (κ2) is 12.2. The van der Waals surface area contributed by atoms with Gasteiger partial charge in [-0.05, 0) is 54.5 Å². The van der Waals surface area contributed by atoms with Crippen molar-refractivity contribution in [1.29, 1.82) is 0 Å². The van der Waals surface area contributed by atoms with Gasteiger partial charge in [-0.3, -0.25) is 4.79 Å². The summed E-state index contributed by atoms with van der Waals surface area (Å²) < 4.78 is 0. The molecule has 1 aliphatic rings. The monoisotopic (exact) mass is 473 g/mol. The average Bonchev–Trinajstić information content (AvgIpc) is 3.21. The fourth-order valence-electron chi connectivity index (χ4n) is 3.79. The first-order chi connectivity index (χ1) is 15.5. The zero-order chi connectivity index (χ0) is 22.9. The highest BCUT2D eigenvalue weighted by Gasteiger charge is 2.23. The SMILES string of the molecule is CSCCC(NC(=O)c1cc(NCC2CC(S)CN2)ccc1Cc1ccccc1)C(=O)O. The third-order valence-corrected chi connectivity index (χ3v) is 6.59. The molecule has 8 heteroatoms. The molecule has 172 valence electrons. The normalized spacial score (nSPS) is 18.8. The van der Waals surface area contributed by atoms with Crippen LogP contribution in [0.15, 0.2) is 48.5 Å². The Bertz CT molecular complexity index is 911. The van der Waals surface area contributed by atoms with E-state index in [0.29, 0.717) is 35.4 Å². The highest BCUT2D eigenvalue weighted by Crippen LogP contribution is 2.21. The number of anilines is 1. The van der Waals surface area contributed by atoms with Gasteiger partial charge in [0.1, 0.15) is 6.04 Å². The van der Waals surface area contributed by atoms with Crippen molar-refractivity contribution in [2.75, 3.05) is 30.4 Å². The summed E-state index contributed by atoms with van der Waals surface area (Å²) in [5.74, 6) is -0.710. The number of carboxylic acids is 1. The number of thioether (sulfide) groups is 1. The quantitative estimate of drug-likeness (QED) is 0.322. The van der Waals surface area contributed by atoms with Crippen molar-refractivity contribution in [3.05, 3.63) is 65.2 Å². The molecule has 0 spiro atoms. The molecule has 1 saturated heterocycles. The lowest BCUT2D eigenvalue weighted by Crippen LogP contribution is -2.41. The van der Waals surface area contributed by atoms with Gasteiger partial charge in [-0.2, -0.15) is 24.4 Å². The molecule has 4 N–H and O–H groups in total. The number of thiol groups is 1. The van der Waals surface area contributed by atoms with E-state index in [1.165, 1.54) is 0 Å². The summed E-state index contributed by atoms with van der Waals surface area (Å²) in [6.45, 7) is 1.63. The van der Waals surface area contributed by atoms with E-state index in [4.69, 9.17) is 0 Å². The molecule has 2 aromatic rings. The van der Waals surface area contributed by atoms with Crippen LogP contribution in [0.3, 0.4) is 0 Å². The van der Waals surface area contributed by atoms with Gasteiger partial charge in [0.25, 0.3) is 5.91 Å². The third-order valence-electron chi connectivity index (χ3n) is 5.56. The Labute approximate surface area is 199 Å². The van der Waals surface area contributed by atoms with Crippen LogP contribution in [0.1, 0.15) is 34.3 Å². The Hall–Kier alpha value is -2.16. The van der Waals surface area contributed by atoms with Crippen LogP contribution in [0.4, 0.5) is 5.69 Å². The summed E-state index contributed by atoms with van der Waals surface area (Å²) in [7, 11) is 0. The minimum atomic E-state index is -1.01. The van der Waals surface area contributed by atoms with Crippen molar-refractivity contribution < 1.29 is 14.7 Å². The summed E-state index contributed by atoms with van der Waals surface area (Å²) in [5.41, 5.74) is 3.30. The zero-order valence-corrected chi connectivity index (χ0v) is 19.9. The third kappa shape index (κ3) is 7.18. The van der Waals surface area contributed by atoms with Crippen molar-refractivity contribution >= 4 is 42.0 Å². The van der Waals surface area contributed by atoms with Gasteiger partial charge in [0.05, 0.1) is 0 Å². The topological polar surface area (TPSA) is 90.5 Å². The van der Waals surface area contributed by atoms with Crippen LogP contribution < -0.4 is 16.0 Å². The van der Waals surface area contributed by atoms with Crippen LogP contribution in [0.25, 0.3) is 0 Å². The van der Waals surface area contributed by atoms with Crippen LogP contribution >= 0.6 is 24.4 Å². The maximum atomic E-state index is 13.2. The molecule has 3 unspecified atom stereocenters. The molecule has 1 fully saturated rings. The summed E-state index contributed by atoms with van der Waals surface area (Å²) in [4.78, 5) is 24.8. The van der Waals surface area contributed by atoms with Crippen LogP contribution in [-0.2, 0) is 11.2 Å². The molecule has 0 radical (unpaired) electrons. The molecule has 0 aliphatic carbocycles. The van der Waals surface area contributed by atoms with E-state index in [1.54, 1.807) is 11.8 Å². The summed E-state index contributed by atoms with van der Waals surface area (Å²) in [5, 5.41) is 19.5. The Kier molecular flexibility index (Phi) is 9.32. The lowest BCUT2D eigenvalue weighted by molar-refractivity contribution is -0.139. The number of carbonyl (C=O) groups excluding carboxylic acids is 1. The van der Waals surface area contributed by atoms with E-state index in [1.807, 2.05) is 54.8 Å². The van der Waals surface area contributed by atoms with Gasteiger partial charge in [-0.15, -0.1) is 0 Å². The average molecular weight is 474 g/mol. The number of aliphatic carboxylic acids is 1. The summed E-state index contributed by atoms with van der Waals surface area (Å²) in [6.07, 6.45) is 3.89. The number of carbonyl (C=O) groups is 2. The molecular formula is C24H31N3O3S2. The number of benzene rings is 2. The van der Waals surface area contributed by atoms with Gasteiger partial charge < -0.3 is 21.1 Å². The molecule has 2 aromatic carbocycles. The Morgan fingerprint density at radius 1 is 1.25 bits per heavy atom. The van der Waals surface area contributed by atoms with E-state index in [-0.39, 0.29) is 5.91 Å². The fourth-order valence-corrected chi connectivity index (χ4v) is 4.62. The number of carboxylic acid groups (broad SMARTS) is 1. The lowest BCUT2D eigenvalue weighted by Gasteiger charge is -2.18. The van der Waals surface area contributed by atoms with Gasteiger partial charge in [0, 0.05) is 35.6 Å². The van der Waals surface area contributed by atoms with Gasteiger partial charge in [-0.25, -0.2) is 4.79 Å². The van der Waals surface area contributed by atoms with Crippen molar-refractivity contribution in [3.8, 4) is 0 Å². The highest BCUT2D eigenvalue weighted by molar-refractivity contribution is 7.98. The van der Waals surface area contributed by atoms with Crippen molar-refractivity contribution in [3.63, 3.8) is 0 Å². The first kappa shape index (κ1) is 24.5. The molecule has 0 aromatic heterocycles. The predicted octanol–water partition coefficient (Wildman–Crippen LogP) is 3.29. The standard InChI is InChI=1S/C24H31N3O3S2/c1-32-10-9-22(24(29)30)27-23(28)21-13-18(25-14-19-12-20(31)15-26-19)8-7-17(21)11-16-5-3-2-4-6-16/h2-8,13,19-20,22,25-26,31H,9-12,14-15H2,1H3,(H,27,28)(H,29,30). The number of rotatable bonds is 11. The van der Waals surface area contributed by atoms with Crippen molar-refractivity contribution in [2.24, 2.45) is 0 Å². The molecule has 1 aliphatic heterocycles. The Balaban J connectivity index is 1.79. The lowest BCUT2D eigenvalue weighted by atomic mass is 9.98. The zero-order valence-electron chi connectivity index (χ0n) is 18.2. The second-order valence-electron chi connectivity index (χ2n) is 8.06. The number of hydrogen-bond acceptors (Lipinski definition) is 6. The summed E-state index contributed by atoms with van der Waals surface area (Å²) in [6, 6.07) is 15.1. The molecule has 0 bridgehead atoms. The minimum absolute atomic E-state index is 0.335. The maximum absolute atomic E-state index is 13.2. The van der Waals surface area contributed by atoms with Crippen LogP contribution in [0.5, 0.6) is 0 Å². The van der Waals surface area contributed by atoms with Gasteiger partial charge in [0.2, 0.25) is 0 Å². The minimum Gasteiger partial charge on any atom is -0.480 e. The number of hydrogen-bond donors (Lipinski definition) is 5. The number of amides is 1. The predicted molar refractivity (Wildman–Crippen MR) is 135 cm³/mol. The van der Waals surface area contributed by atoms with E-state index in [0.717, 1.165) is 36.3 Å². The smallest absolute Gasteiger partial charge is 0.326 e. The first-order valence-corrected chi connectivity index (χ1v) is 12.7. The molecule has 3 rings (SSSR count). The molecule has 32 heavy (non-hydrogen) atoms. The molecular weight excluding hydrogens is 442 g/mol. The first-order valence-electron chi connectivity index (χ1n) is 10.8. The van der Waals surface area contributed by atoms with Gasteiger partial charge in [0.15, 0.2) is 0 Å². The maximum Gasteiger partial charge on any atom is 0.326 e. The second-order valence-corrected chi connectivity index (χ2v) is 9.77.